The van der Waals surface area contributed by atoms with Gasteiger partial charge in [0.2, 0.25) is 0 Å². The molecule has 1 saturated heterocycles. The van der Waals surface area contributed by atoms with Crippen molar-refractivity contribution in [1.29, 1.82) is 0 Å². The lowest BCUT2D eigenvalue weighted by atomic mass is 10.0. The fourth-order valence-corrected chi connectivity index (χ4v) is 3.26. The predicted molar refractivity (Wildman–Crippen MR) is 96.2 cm³/mol. The molecule has 0 radical (unpaired) electrons. The number of rotatable bonds is 15. The molecule has 1 rings (SSSR count). The maximum Gasteiger partial charge on any atom is 0.453 e. The van der Waals surface area contributed by atoms with Crippen LogP contribution in [0.25, 0.3) is 0 Å². The number of alkyl halides is 5. The highest BCUT2D eigenvalue weighted by molar-refractivity contribution is 4.75. The fourth-order valence-electron chi connectivity index (χ4n) is 3.26. The molecule has 0 aromatic heterocycles. The normalized spacial score (nSPS) is 18.8. The number of hydrogen-bond donors (Lipinski definition) is 0. The smallest absolute Gasteiger partial charge is 0.379 e. The second kappa shape index (κ2) is 13.7. The molecule has 27 heavy (non-hydrogen) atoms. The van der Waals surface area contributed by atoms with E-state index in [-0.39, 0.29) is 12.5 Å². The van der Waals surface area contributed by atoms with Gasteiger partial charge in [-0.05, 0) is 32.1 Å². The van der Waals surface area contributed by atoms with Crippen LogP contribution in [0.1, 0.15) is 89.9 Å². The molecule has 0 spiro atoms. The zero-order valence-electron chi connectivity index (χ0n) is 16.3. The second-order valence-electron chi connectivity index (χ2n) is 7.55. The van der Waals surface area contributed by atoms with Crippen LogP contribution in [-0.4, -0.2) is 38.0 Å². The summed E-state index contributed by atoms with van der Waals surface area (Å²) < 4.78 is 72.7. The van der Waals surface area contributed by atoms with Crippen molar-refractivity contribution in [3.63, 3.8) is 0 Å². The highest BCUT2D eigenvalue weighted by atomic mass is 19.4. The van der Waals surface area contributed by atoms with E-state index in [4.69, 9.17) is 9.47 Å². The third-order valence-electron chi connectivity index (χ3n) is 5.02. The first-order valence-corrected chi connectivity index (χ1v) is 10.5. The van der Waals surface area contributed by atoms with Crippen molar-refractivity contribution in [3.05, 3.63) is 0 Å². The van der Waals surface area contributed by atoms with Crippen molar-refractivity contribution < 1.29 is 31.4 Å². The summed E-state index contributed by atoms with van der Waals surface area (Å²) in [5.74, 6) is -4.54. The minimum atomic E-state index is -5.41. The molecule has 0 aromatic rings. The van der Waals surface area contributed by atoms with Gasteiger partial charge >= 0.3 is 12.1 Å². The summed E-state index contributed by atoms with van der Waals surface area (Å²) >= 11 is 0. The van der Waals surface area contributed by atoms with Gasteiger partial charge in [-0.15, -0.1) is 0 Å². The molecular weight excluding hydrogens is 367 g/mol. The topological polar surface area (TPSA) is 18.5 Å². The Morgan fingerprint density at radius 1 is 0.741 bits per heavy atom. The molecule has 1 aliphatic rings. The van der Waals surface area contributed by atoms with Crippen molar-refractivity contribution in [2.75, 3.05) is 19.8 Å². The lowest BCUT2D eigenvalue weighted by Crippen LogP contribution is -2.36. The SMILES string of the molecule is FC(F)(F)C(F)(F)CCCCCCCCCCCCOCC1CCCCO1. The molecule has 0 bridgehead atoms. The van der Waals surface area contributed by atoms with Gasteiger partial charge < -0.3 is 9.47 Å². The largest absolute Gasteiger partial charge is 0.453 e. The monoisotopic (exact) mass is 402 g/mol. The molecule has 7 heteroatoms. The van der Waals surface area contributed by atoms with Crippen LogP contribution in [0.5, 0.6) is 0 Å². The highest BCUT2D eigenvalue weighted by Gasteiger charge is 2.56. The number of unbranched alkanes of at least 4 members (excludes halogenated alkanes) is 9. The van der Waals surface area contributed by atoms with Crippen LogP contribution in [0.3, 0.4) is 0 Å². The first kappa shape index (κ1) is 24.6. The average molecular weight is 402 g/mol. The van der Waals surface area contributed by atoms with E-state index in [9.17, 15) is 22.0 Å². The third kappa shape index (κ3) is 11.9. The number of halogens is 5. The summed E-state index contributed by atoms with van der Waals surface area (Å²) in [4.78, 5) is 0. The molecule has 1 heterocycles. The maximum absolute atomic E-state index is 12.7. The van der Waals surface area contributed by atoms with Gasteiger partial charge in [-0.3, -0.25) is 0 Å². The summed E-state index contributed by atoms with van der Waals surface area (Å²) in [7, 11) is 0. The van der Waals surface area contributed by atoms with Gasteiger partial charge in [-0.1, -0.05) is 51.4 Å². The maximum atomic E-state index is 12.7. The van der Waals surface area contributed by atoms with E-state index < -0.39 is 18.5 Å². The molecule has 0 amide bonds. The molecule has 0 saturated carbocycles. The van der Waals surface area contributed by atoms with Crippen LogP contribution in [-0.2, 0) is 9.47 Å². The first-order chi connectivity index (χ1) is 12.8. The molecular formula is C20H35F5O2. The Kier molecular flexibility index (Phi) is 12.5. The zero-order valence-corrected chi connectivity index (χ0v) is 16.3. The van der Waals surface area contributed by atoms with Gasteiger partial charge in [0.15, 0.2) is 0 Å². The summed E-state index contributed by atoms with van der Waals surface area (Å²) in [6.45, 7) is 2.34. The molecule has 162 valence electrons. The van der Waals surface area contributed by atoms with Crippen LogP contribution in [0, 0.1) is 0 Å². The van der Waals surface area contributed by atoms with Gasteiger partial charge in [0.1, 0.15) is 0 Å². The Morgan fingerprint density at radius 3 is 1.81 bits per heavy atom. The highest BCUT2D eigenvalue weighted by Crippen LogP contribution is 2.39. The Morgan fingerprint density at radius 2 is 1.30 bits per heavy atom. The molecule has 0 N–H and O–H groups in total. The third-order valence-corrected chi connectivity index (χ3v) is 5.02. The summed E-state index contributed by atoms with van der Waals surface area (Å²) in [5.41, 5.74) is 0. The molecule has 0 aliphatic carbocycles. The van der Waals surface area contributed by atoms with Crippen LogP contribution in [0.2, 0.25) is 0 Å². The Bertz CT molecular complexity index is 355. The van der Waals surface area contributed by atoms with Crippen molar-refractivity contribution >= 4 is 0 Å². The van der Waals surface area contributed by atoms with E-state index in [1.165, 1.54) is 6.42 Å². The van der Waals surface area contributed by atoms with E-state index in [0.717, 1.165) is 77.4 Å². The molecule has 1 unspecified atom stereocenters. The fraction of sp³-hybridized carbons (Fsp3) is 1.00. The van der Waals surface area contributed by atoms with E-state index >= 15 is 0 Å². The minimum absolute atomic E-state index is 0.0710. The van der Waals surface area contributed by atoms with Crippen LogP contribution < -0.4 is 0 Å². The van der Waals surface area contributed by atoms with E-state index in [1.54, 1.807) is 0 Å². The van der Waals surface area contributed by atoms with Crippen LogP contribution in [0.4, 0.5) is 22.0 Å². The van der Waals surface area contributed by atoms with Gasteiger partial charge in [0.05, 0.1) is 12.7 Å². The van der Waals surface area contributed by atoms with Crippen molar-refractivity contribution in [2.24, 2.45) is 0 Å². The average Bonchev–Trinajstić information content (AvgIpc) is 2.62. The second-order valence-corrected chi connectivity index (χ2v) is 7.55. The Hall–Kier alpha value is -0.430. The first-order valence-electron chi connectivity index (χ1n) is 10.5. The molecule has 2 nitrogen and oxygen atoms in total. The summed E-state index contributed by atoms with van der Waals surface area (Å²) in [5, 5.41) is 0. The predicted octanol–water partition coefficient (Wildman–Crippen LogP) is 7.06. The van der Waals surface area contributed by atoms with Crippen LogP contribution >= 0.6 is 0 Å². The van der Waals surface area contributed by atoms with Gasteiger partial charge in [0, 0.05) is 19.6 Å². The van der Waals surface area contributed by atoms with Gasteiger partial charge in [-0.2, -0.15) is 22.0 Å². The van der Waals surface area contributed by atoms with Gasteiger partial charge in [-0.25, -0.2) is 0 Å². The lowest BCUT2D eigenvalue weighted by molar-refractivity contribution is -0.284. The molecule has 1 aliphatic heterocycles. The van der Waals surface area contributed by atoms with Crippen molar-refractivity contribution in [1.82, 2.24) is 0 Å². The van der Waals surface area contributed by atoms with Crippen molar-refractivity contribution in [2.45, 2.75) is 108 Å². The quantitative estimate of drug-likeness (QED) is 0.216. The standard InChI is InChI=1S/C20H35F5O2/c21-19(22,20(23,24)25)14-10-7-5-3-1-2-4-6-8-11-15-26-17-18-13-9-12-16-27-18/h18H,1-17H2. The van der Waals surface area contributed by atoms with Crippen molar-refractivity contribution in [3.8, 4) is 0 Å². The summed E-state index contributed by atoms with van der Waals surface area (Å²) in [6, 6.07) is 0. The molecule has 1 fully saturated rings. The van der Waals surface area contributed by atoms with E-state index in [0.29, 0.717) is 13.0 Å². The molecule has 1 atom stereocenters. The van der Waals surface area contributed by atoms with Gasteiger partial charge in [0.25, 0.3) is 0 Å². The van der Waals surface area contributed by atoms with E-state index in [1.807, 2.05) is 0 Å². The Balaban J connectivity index is 1.78. The number of ether oxygens (including phenoxy) is 2. The summed E-state index contributed by atoms with van der Waals surface area (Å²) in [6.07, 6.45) is 5.85. The Labute approximate surface area is 160 Å². The number of hydrogen-bond acceptors (Lipinski definition) is 2. The lowest BCUT2D eigenvalue weighted by Gasteiger charge is -2.22. The minimum Gasteiger partial charge on any atom is -0.379 e. The van der Waals surface area contributed by atoms with E-state index in [2.05, 4.69) is 0 Å². The zero-order chi connectivity index (χ0) is 20.0. The molecule has 0 aromatic carbocycles. The van der Waals surface area contributed by atoms with Crippen LogP contribution in [0.15, 0.2) is 0 Å².